The van der Waals surface area contributed by atoms with Crippen molar-refractivity contribution >= 4 is 17.2 Å². The molecule has 4 nitrogen and oxygen atoms in total. The number of piperidine rings is 1. The minimum absolute atomic E-state index is 0.206. The number of thiophene rings is 1. The maximum absolute atomic E-state index is 8.68. The molecular weight excluding hydrogens is 222 g/mol. The van der Waals surface area contributed by atoms with Crippen LogP contribution in [0.3, 0.4) is 0 Å². The number of hydrogen-bond donors (Lipinski definition) is 2. The molecule has 1 saturated heterocycles. The van der Waals surface area contributed by atoms with Crippen molar-refractivity contribution in [3.63, 3.8) is 0 Å². The lowest BCUT2D eigenvalue weighted by Gasteiger charge is -2.31. The molecule has 16 heavy (non-hydrogen) atoms. The van der Waals surface area contributed by atoms with Gasteiger partial charge in [0.25, 0.3) is 0 Å². The molecule has 0 amide bonds. The highest BCUT2D eigenvalue weighted by Crippen LogP contribution is 2.19. The fraction of sp³-hybridized carbons (Fsp3) is 0.545. The van der Waals surface area contributed by atoms with E-state index in [-0.39, 0.29) is 5.92 Å². The number of rotatable bonds is 3. The largest absolute Gasteiger partial charge is 0.409 e. The number of nitrogens with zero attached hydrogens (tertiary/aromatic N) is 2. The van der Waals surface area contributed by atoms with Crippen LogP contribution < -0.4 is 5.73 Å². The van der Waals surface area contributed by atoms with E-state index in [0.717, 1.165) is 32.5 Å². The van der Waals surface area contributed by atoms with Crippen molar-refractivity contribution in [1.82, 2.24) is 4.90 Å². The third-order valence-corrected chi connectivity index (χ3v) is 3.76. The standard InChI is InChI=1S/C11H17N3OS/c12-11(13-15)10-2-1-4-14(7-10)6-9-3-5-16-8-9/h3,5,8,10,15H,1-2,4,6-7H2,(H2,12,13). The summed E-state index contributed by atoms with van der Waals surface area (Å²) in [5, 5.41) is 16.1. The van der Waals surface area contributed by atoms with Gasteiger partial charge in [-0.25, -0.2) is 0 Å². The maximum Gasteiger partial charge on any atom is 0.143 e. The minimum Gasteiger partial charge on any atom is -0.409 e. The van der Waals surface area contributed by atoms with Gasteiger partial charge in [-0.15, -0.1) is 0 Å². The van der Waals surface area contributed by atoms with E-state index in [1.165, 1.54) is 5.56 Å². The first kappa shape index (κ1) is 11.4. The van der Waals surface area contributed by atoms with Crippen molar-refractivity contribution in [3.8, 4) is 0 Å². The van der Waals surface area contributed by atoms with Gasteiger partial charge in [-0.05, 0) is 41.8 Å². The fourth-order valence-corrected chi connectivity index (χ4v) is 2.82. The van der Waals surface area contributed by atoms with E-state index < -0.39 is 0 Å². The highest BCUT2D eigenvalue weighted by molar-refractivity contribution is 7.07. The Labute approximate surface area is 99.4 Å². The summed E-state index contributed by atoms with van der Waals surface area (Å²) in [5.41, 5.74) is 7.01. The lowest BCUT2D eigenvalue weighted by molar-refractivity contribution is 0.193. The zero-order valence-electron chi connectivity index (χ0n) is 9.17. The van der Waals surface area contributed by atoms with Gasteiger partial charge in [0.1, 0.15) is 5.84 Å². The second kappa shape index (κ2) is 5.32. The van der Waals surface area contributed by atoms with Gasteiger partial charge in [-0.3, -0.25) is 4.90 Å². The Morgan fingerprint density at radius 1 is 1.69 bits per heavy atom. The normalized spacial score (nSPS) is 23.5. The number of amidine groups is 1. The van der Waals surface area contributed by atoms with Crippen molar-refractivity contribution in [2.24, 2.45) is 16.8 Å². The summed E-state index contributed by atoms with van der Waals surface area (Å²) in [6.07, 6.45) is 2.14. The molecule has 0 bridgehead atoms. The summed E-state index contributed by atoms with van der Waals surface area (Å²) < 4.78 is 0. The molecule has 1 fully saturated rings. The van der Waals surface area contributed by atoms with Crippen molar-refractivity contribution < 1.29 is 5.21 Å². The van der Waals surface area contributed by atoms with Crippen LogP contribution in [0.15, 0.2) is 22.0 Å². The molecular formula is C11H17N3OS. The van der Waals surface area contributed by atoms with Crippen molar-refractivity contribution in [2.75, 3.05) is 13.1 Å². The van der Waals surface area contributed by atoms with Gasteiger partial charge < -0.3 is 10.9 Å². The molecule has 2 heterocycles. The number of likely N-dealkylation sites (tertiary alicyclic amines) is 1. The quantitative estimate of drug-likeness (QED) is 0.365. The summed E-state index contributed by atoms with van der Waals surface area (Å²) in [6, 6.07) is 2.15. The molecule has 1 aromatic heterocycles. The first-order valence-corrected chi connectivity index (χ1v) is 6.44. The maximum atomic E-state index is 8.68. The Hall–Kier alpha value is -1.07. The van der Waals surface area contributed by atoms with E-state index in [1.54, 1.807) is 11.3 Å². The Kier molecular flexibility index (Phi) is 3.79. The van der Waals surface area contributed by atoms with Gasteiger partial charge in [0.05, 0.1) is 0 Å². The van der Waals surface area contributed by atoms with Gasteiger partial charge >= 0.3 is 0 Å². The topological polar surface area (TPSA) is 61.9 Å². The molecule has 1 aliphatic rings. The lowest BCUT2D eigenvalue weighted by Crippen LogP contribution is -2.40. The Morgan fingerprint density at radius 3 is 3.25 bits per heavy atom. The van der Waals surface area contributed by atoms with E-state index in [1.807, 2.05) is 0 Å². The van der Waals surface area contributed by atoms with Crippen LogP contribution in [0.5, 0.6) is 0 Å². The minimum atomic E-state index is 0.206. The van der Waals surface area contributed by atoms with Crippen LogP contribution in [-0.4, -0.2) is 29.0 Å². The molecule has 3 N–H and O–H groups in total. The Morgan fingerprint density at radius 2 is 2.56 bits per heavy atom. The van der Waals surface area contributed by atoms with Crippen LogP contribution >= 0.6 is 11.3 Å². The van der Waals surface area contributed by atoms with E-state index in [0.29, 0.717) is 5.84 Å². The van der Waals surface area contributed by atoms with Crippen molar-refractivity contribution in [2.45, 2.75) is 19.4 Å². The molecule has 1 aliphatic heterocycles. The van der Waals surface area contributed by atoms with Crippen LogP contribution in [0.1, 0.15) is 18.4 Å². The molecule has 0 radical (unpaired) electrons. The van der Waals surface area contributed by atoms with Gasteiger partial charge in [-0.1, -0.05) is 5.16 Å². The molecule has 1 aromatic rings. The first-order chi connectivity index (χ1) is 7.79. The summed E-state index contributed by atoms with van der Waals surface area (Å²) >= 11 is 1.72. The van der Waals surface area contributed by atoms with Crippen LogP contribution in [0.25, 0.3) is 0 Å². The van der Waals surface area contributed by atoms with Crippen LogP contribution in [0.2, 0.25) is 0 Å². The molecule has 0 aromatic carbocycles. The second-order valence-electron chi connectivity index (χ2n) is 4.23. The van der Waals surface area contributed by atoms with Gasteiger partial charge in [-0.2, -0.15) is 11.3 Å². The van der Waals surface area contributed by atoms with Gasteiger partial charge in [0.2, 0.25) is 0 Å². The fourth-order valence-electron chi connectivity index (χ4n) is 2.16. The predicted molar refractivity (Wildman–Crippen MR) is 65.7 cm³/mol. The molecule has 1 unspecified atom stereocenters. The zero-order valence-corrected chi connectivity index (χ0v) is 9.99. The molecule has 0 spiro atoms. The van der Waals surface area contributed by atoms with E-state index >= 15 is 0 Å². The van der Waals surface area contributed by atoms with Crippen molar-refractivity contribution in [3.05, 3.63) is 22.4 Å². The van der Waals surface area contributed by atoms with Crippen LogP contribution in [0, 0.1) is 5.92 Å². The first-order valence-electron chi connectivity index (χ1n) is 5.50. The smallest absolute Gasteiger partial charge is 0.143 e. The number of oxime groups is 1. The number of nitrogens with two attached hydrogens (primary N) is 1. The second-order valence-corrected chi connectivity index (χ2v) is 5.01. The highest BCUT2D eigenvalue weighted by atomic mass is 32.1. The average molecular weight is 239 g/mol. The van der Waals surface area contributed by atoms with E-state index in [2.05, 4.69) is 26.9 Å². The molecule has 2 rings (SSSR count). The molecule has 5 heteroatoms. The Bertz CT molecular complexity index is 350. The summed E-state index contributed by atoms with van der Waals surface area (Å²) in [5.74, 6) is 0.576. The van der Waals surface area contributed by atoms with Crippen LogP contribution in [-0.2, 0) is 6.54 Å². The summed E-state index contributed by atoms with van der Waals surface area (Å²) in [6.45, 7) is 2.97. The van der Waals surface area contributed by atoms with E-state index in [9.17, 15) is 0 Å². The molecule has 0 saturated carbocycles. The predicted octanol–water partition coefficient (Wildman–Crippen LogP) is 1.71. The van der Waals surface area contributed by atoms with Crippen molar-refractivity contribution in [1.29, 1.82) is 0 Å². The summed E-state index contributed by atoms with van der Waals surface area (Å²) in [4.78, 5) is 2.37. The molecule has 0 aliphatic carbocycles. The SMILES string of the molecule is NC(=NO)C1CCCN(Cc2ccsc2)C1. The third kappa shape index (κ3) is 2.74. The van der Waals surface area contributed by atoms with Crippen LogP contribution in [0.4, 0.5) is 0 Å². The summed E-state index contributed by atoms with van der Waals surface area (Å²) in [7, 11) is 0. The monoisotopic (exact) mass is 239 g/mol. The zero-order chi connectivity index (χ0) is 11.4. The number of hydrogen-bond acceptors (Lipinski definition) is 4. The third-order valence-electron chi connectivity index (χ3n) is 3.03. The average Bonchev–Trinajstić information content (AvgIpc) is 2.81. The van der Waals surface area contributed by atoms with Gasteiger partial charge in [0.15, 0.2) is 0 Å². The van der Waals surface area contributed by atoms with Gasteiger partial charge in [0, 0.05) is 19.0 Å². The lowest BCUT2D eigenvalue weighted by atomic mass is 9.97. The Balaban J connectivity index is 1.92. The molecule has 88 valence electrons. The van der Waals surface area contributed by atoms with E-state index in [4.69, 9.17) is 10.9 Å². The molecule has 1 atom stereocenters. The highest BCUT2D eigenvalue weighted by Gasteiger charge is 2.23.